The molecule has 46 valence electrons. The van der Waals surface area contributed by atoms with E-state index in [1.807, 2.05) is 11.8 Å². The van der Waals surface area contributed by atoms with Gasteiger partial charge in [-0.15, -0.1) is 0 Å². The van der Waals surface area contributed by atoms with E-state index < -0.39 is 0 Å². The Hall–Kier alpha value is 0.0200. The smallest absolute Gasteiger partial charge is 0.0508 e. The maximum Gasteiger partial charge on any atom is 0.0508 e. The van der Waals surface area contributed by atoms with Crippen molar-refractivity contribution in [3.8, 4) is 0 Å². The highest BCUT2D eigenvalue weighted by Gasteiger charge is 2.09. The molecule has 0 aromatic heterocycles. The largest absolute Gasteiger partial charge is 0.298 e. The van der Waals surface area contributed by atoms with Crippen molar-refractivity contribution in [2.45, 2.75) is 18.9 Å². The van der Waals surface area contributed by atoms with Gasteiger partial charge in [0.1, 0.15) is 0 Å². The molecule has 8 heavy (non-hydrogen) atoms. The van der Waals surface area contributed by atoms with Gasteiger partial charge in [0, 0.05) is 0 Å². The second-order valence-corrected chi connectivity index (χ2v) is 3.25. The summed E-state index contributed by atoms with van der Waals surface area (Å²) in [6.07, 6.45) is 2.49. The van der Waals surface area contributed by atoms with Crippen LogP contribution in [0.15, 0.2) is 4.99 Å². The molecule has 0 aliphatic carbocycles. The third kappa shape index (κ3) is 1.51. The molecule has 1 nitrogen and oxygen atoms in total. The van der Waals surface area contributed by atoms with Crippen LogP contribution in [0.1, 0.15) is 12.8 Å². The van der Waals surface area contributed by atoms with Gasteiger partial charge in [0.15, 0.2) is 0 Å². The monoisotopic (exact) mass is 129 g/mol. The number of nitrogens with zero attached hydrogens (tertiary/aromatic N) is 1. The second kappa shape index (κ2) is 3.13. The highest BCUT2D eigenvalue weighted by molar-refractivity contribution is 7.99. The second-order valence-electron chi connectivity index (χ2n) is 2.03. The molecular weight excluding hydrogens is 118 g/mol. The van der Waals surface area contributed by atoms with Crippen molar-refractivity contribution >= 4 is 18.5 Å². The highest BCUT2D eigenvalue weighted by atomic mass is 32.2. The third-order valence-electron chi connectivity index (χ3n) is 1.45. The molecule has 0 atom stereocenters. The highest BCUT2D eigenvalue weighted by Crippen LogP contribution is 2.18. The summed E-state index contributed by atoms with van der Waals surface area (Å²) in [6.45, 7) is 3.53. The van der Waals surface area contributed by atoms with Crippen molar-refractivity contribution in [1.82, 2.24) is 0 Å². The maximum atomic E-state index is 3.98. The van der Waals surface area contributed by atoms with Crippen molar-refractivity contribution in [3.63, 3.8) is 0 Å². The van der Waals surface area contributed by atoms with Crippen LogP contribution < -0.4 is 0 Å². The van der Waals surface area contributed by atoms with Crippen LogP contribution in [-0.4, -0.2) is 24.3 Å². The fourth-order valence-corrected chi connectivity index (χ4v) is 1.95. The fraction of sp³-hybridized carbons (Fsp3) is 0.833. The van der Waals surface area contributed by atoms with E-state index in [1.165, 1.54) is 24.3 Å². The van der Waals surface area contributed by atoms with Gasteiger partial charge in [-0.2, -0.15) is 11.8 Å². The van der Waals surface area contributed by atoms with Crippen LogP contribution in [0.2, 0.25) is 0 Å². The number of hydrogen-bond donors (Lipinski definition) is 0. The SMILES string of the molecule is C=NC1CCSCC1. The summed E-state index contributed by atoms with van der Waals surface area (Å²) >= 11 is 2.03. The predicted molar refractivity (Wildman–Crippen MR) is 39.9 cm³/mol. The van der Waals surface area contributed by atoms with Crippen LogP contribution in [0.3, 0.4) is 0 Å². The van der Waals surface area contributed by atoms with E-state index in [2.05, 4.69) is 11.7 Å². The molecule has 2 heteroatoms. The molecule has 0 bridgehead atoms. The fourth-order valence-electron chi connectivity index (χ4n) is 0.868. The van der Waals surface area contributed by atoms with Gasteiger partial charge in [-0.3, -0.25) is 4.99 Å². The van der Waals surface area contributed by atoms with E-state index in [0.29, 0.717) is 6.04 Å². The maximum absolute atomic E-state index is 3.98. The molecular formula is C6H11NS. The Bertz CT molecular complexity index is 76.6. The molecule has 1 heterocycles. The molecule has 0 aromatic carbocycles. The summed E-state index contributed by atoms with van der Waals surface area (Å²) in [6, 6.07) is 0.580. The van der Waals surface area contributed by atoms with E-state index in [1.54, 1.807) is 0 Å². The topological polar surface area (TPSA) is 12.4 Å². The molecule has 1 saturated heterocycles. The van der Waals surface area contributed by atoms with Crippen LogP contribution in [0.4, 0.5) is 0 Å². The number of hydrogen-bond acceptors (Lipinski definition) is 2. The van der Waals surface area contributed by atoms with E-state index in [9.17, 15) is 0 Å². The summed E-state index contributed by atoms with van der Waals surface area (Å²) in [5.74, 6) is 2.56. The Balaban J connectivity index is 2.22. The average Bonchev–Trinajstić information content (AvgIpc) is 1.90. The predicted octanol–water partition coefficient (Wildman–Crippen LogP) is 1.58. The molecule has 0 radical (unpaired) electrons. The lowest BCUT2D eigenvalue weighted by molar-refractivity contribution is 0.632. The standard InChI is InChI=1S/C6H11NS/c1-7-6-2-4-8-5-3-6/h6H,1-5H2. The summed E-state index contributed by atoms with van der Waals surface area (Å²) in [4.78, 5) is 3.98. The lowest BCUT2D eigenvalue weighted by atomic mass is 10.2. The molecule has 1 rings (SSSR count). The minimum absolute atomic E-state index is 0.580. The van der Waals surface area contributed by atoms with E-state index >= 15 is 0 Å². The minimum atomic E-state index is 0.580. The Morgan fingerprint density at radius 1 is 1.38 bits per heavy atom. The first-order chi connectivity index (χ1) is 3.93. The van der Waals surface area contributed by atoms with Gasteiger partial charge in [0.2, 0.25) is 0 Å². The molecule has 0 aromatic rings. The molecule has 0 unspecified atom stereocenters. The van der Waals surface area contributed by atoms with Crippen molar-refractivity contribution in [2.24, 2.45) is 4.99 Å². The molecule has 1 aliphatic rings. The van der Waals surface area contributed by atoms with E-state index in [0.717, 1.165) is 0 Å². The molecule has 0 N–H and O–H groups in total. The zero-order valence-corrected chi connectivity index (χ0v) is 5.78. The van der Waals surface area contributed by atoms with Crippen LogP contribution in [0.5, 0.6) is 0 Å². The quantitative estimate of drug-likeness (QED) is 0.490. The third-order valence-corrected chi connectivity index (χ3v) is 2.50. The summed E-state index contributed by atoms with van der Waals surface area (Å²) in [7, 11) is 0. The van der Waals surface area contributed by atoms with E-state index in [-0.39, 0.29) is 0 Å². The Kier molecular flexibility index (Phi) is 2.40. The first-order valence-corrected chi connectivity index (χ1v) is 4.12. The van der Waals surface area contributed by atoms with Crippen LogP contribution in [0, 0.1) is 0 Å². The summed E-state index contributed by atoms with van der Waals surface area (Å²) in [5.41, 5.74) is 0. The lowest BCUT2D eigenvalue weighted by Crippen LogP contribution is -2.11. The van der Waals surface area contributed by atoms with Gasteiger partial charge in [-0.05, 0) is 31.1 Å². The van der Waals surface area contributed by atoms with Crippen molar-refractivity contribution in [3.05, 3.63) is 0 Å². The van der Waals surface area contributed by atoms with E-state index in [4.69, 9.17) is 0 Å². The number of thioether (sulfide) groups is 1. The minimum Gasteiger partial charge on any atom is -0.298 e. The molecule has 0 saturated carbocycles. The summed E-state index contributed by atoms with van der Waals surface area (Å²) in [5, 5.41) is 0. The van der Waals surface area contributed by atoms with Crippen LogP contribution in [0.25, 0.3) is 0 Å². The van der Waals surface area contributed by atoms with Crippen LogP contribution >= 0.6 is 11.8 Å². The average molecular weight is 129 g/mol. The zero-order chi connectivity index (χ0) is 5.82. The van der Waals surface area contributed by atoms with Crippen molar-refractivity contribution < 1.29 is 0 Å². The molecule has 0 spiro atoms. The molecule has 1 aliphatic heterocycles. The van der Waals surface area contributed by atoms with Gasteiger partial charge in [0.05, 0.1) is 6.04 Å². The number of rotatable bonds is 1. The first-order valence-electron chi connectivity index (χ1n) is 2.97. The van der Waals surface area contributed by atoms with Crippen LogP contribution in [-0.2, 0) is 0 Å². The molecule has 0 amide bonds. The van der Waals surface area contributed by atoms with Crippen molar-refractivity contribution in [1.29, 1.82) is 0 Å². The van der Waals surface area contributed by atoms with Gasteiger partial charge in [0.25, 0.3) is 0 Å². The Morgan fingerprint density at radius 2 is 2.00 bits per heavy atom. The first kappa shape index (κ1) is 6.14. The van der Waals surface area contributed by atoms with Gasteiger partial charge < -0.3 is 0 Å². The lowest BCUT2D eigenvalue weighted by Gasteiger charge is -2.15. The Morgan fingerprint density at radius 3 is 2.38 bits per heavy atom. The molecule has 1 fully saturated rings. The summed E-state index contributed by atoms with van der Waals surface area (Å²) < 4.78 is 0. The van der Waals surface area contributed by atoms with Gasteiger partial charge in [-0.25, -0.2) is 0 Å². The normalized spacial score (nSPS) is 23.0. The number of aliphatic imine (C=N–C) groups is 1. The van der Waals surface area contributed by atoms with Gasteiger partial charge >= 0.3 is 0 Å². The Labute approximate surface area is 54.6 Å². The zero-order valence-electron chi connectivity index (χ0n) is 4.97. The van der Waals surface area contributed by atoms with Crippen molar-refractivity contribution in [2.75, 3.05) is 11.5 Å². The van der Waals surface area contributed by atoms with Gasteiger partial charge in [-0.1, -0.05) is 0 Å².